The fourth-order valence-electron chi connectivity index (χ4n) is 1.68. The third-order valence-electron chi connectivity index (χ3n) is 2.55. The van der Waals surface area contributed by atoms with Gasteiger partial charge in [0.15, 0.2) is 6.29 Å². The van der Waals surface area contributed by atoms with E-state index in [1.54, 1.807) is 0 Å². The number of ether oxygens (including phenoxy) is 2. The summed E-state index contributed by atoms with van der Waals surface area (Å²) in [5.74, 6) is -0.368. The van der Waals surface area contributed by atoms with Crippen LogP contribution in [0.4, 0.5) is 0 Å². The first-order valence-corrected chi connectivity index (χ1v) is 5.46. The molecule has 104 valence electrons. The van der Waals surface area contributed by atoms with Crippen molar-refractivity contribution in [2.24, 2.45) is 0 Å². The normalized spacial score (nSPS) is 31.4. The molecule has 18 heavy (non-hydrogen) atoms. The SMILES string of the molecule is CC(=O)N[C@@H]1COC(C=O)O[C@H]1[C@H](O)[C@H](O)CO. The number of carbonyl (C=O) groups is 2. The predicted molar refractivity (Wildman–Crippen MR) is 57.4 cm³/mol. The second-order valence-electron chi connectivity index (χ2n) is 3.99. The van der Waals surface area contributed by atoms with Crippen molar-refractivity contribution in [2.45, 2.75) is 37.6 Å². The van der Waals surface area contributed by atoms with Crippen molar-refractivity contribution in [2.75, 3.05) is 13.2 Å². The van der Waals surface area contributed by atoms with Crippen LogP contribution < -0.4 is 5.32 Å². The molecule has 0 aromatic heterocycles. The Labute approximate surface area is 104 Å². The van der Waals surface area contributed by atoms with Crippen molar-refractivity contribution >= 4 is 12.2 Å². The highest BCUT2D eigenvalue weighted by atomic mass is 16.7. The topological polar surface area (TPSA) is 125 Å². The average molecular weight is 263 g/mol. The average Bonchev–Trinajstić information content (AvgIpc) is 2.36. The molecule has 1 aliphatic heterocycles. The van der Waals surface area contributed by atoms with Gasteiger partial charge in [0.2, 0.25) is 12.2 Å². The zero-order valence-electron chi connectivity index (χ0n) is 9.85. The van der Waals surface area contributed by atoms with Crippen molar-refractivity contribution in [1.82, 2.24) is 5.32 Å². The van der Waals surface area contributed by atoms with Gasteiger partial charge in [0.05, 0.1) is 19.3 Å². The molecule has 1 fully saturated rings. The van der Waals surface area contributed by atoms with Gasteiger partial charge in [-0.15, -0.1) is 0 Å². The van der Waals surface area contributed by atoms with Crippen LogP contribution in [0.2, 0.25) is 0 Å². The molecule has 0 bridgehead atoms. The third-order valence-corrected chi connectivity index (χ3v) is 2.55. The van der Waals surface area contributed by atoms with E-state index in [2.05, 4.69) is 5.32 Å². The van der Waals surface area contributed by atoms with Crippen LogP contribution in [0.25, 0.3) is 0 Å². The summed E-state index contributed by atoms with van der Waals surface area (Å²) in [7, 11) is 0. The minimum atomic E-state index is -1.45. The Hall–Kier alpha value is -1.06. The Morgan fingerprint density at radius 1 is 1.56 bits per heavy atom. The van der Waals surface area contributed by atoms with Crippen LogP contribution >= 0.6 is 0 Å². The van der Waals surface area contributed by atoms with E-state index in [9.17, 15) is 19.8 Å². The minimum Gasteiger partial charge on any atom is -0.394 e. The predicted octanol–water partition coefficient (Wildman–Crippen LogP) is -2.85. The lowest BCUT2D eigenvalue weighted by molar-refractivity contribution is -0.240. The lowest BCUT2D eigenvalue weighted by Crippen LogP contribution is -2.59. The molecule has 4 N–H and O–H groups in total. The maximum Gasteiger partial charge on any atom is 0.217 e. The van der Waals surface area contributed by atoms with Gasteiger partial charge in [0, 0.05) is 6.92 Å². The Morgan fingerprint density at radius 2 is 2.22 bits per heavy atom. The Bertz CT molecular complexity index is 298. The molecule has 0 saturated carbocycles. The molecule has 0 spiro atoms. The molecule has 1 unspecified atom stereocenters. The van der Waals surface area contributed by atoms with Gasteiger partial charge in [-0.25, -0.2) is 0 Å². The first-order chi connectivity index (χ1) is 8.49. The summed E-state index contributed by atoms with van der Waals surface area (Å²) in [5.41, 5.74) is 0. The van der Waals surface area contributed by atoms with E-state index >= 15 is 0 Å². The monoisotopic (exact) mass is 263 g/mol. The largest absolute Gasteiger partial charge is 0.394 e. The number of hydrogen-bond donors (Lipinski definition) is 4. The van der Waals surface area contributed by atoms with E-state index in [1.165, 1.54) is 6.92 Å². The fourth-order valence-corrected chi connectivity index (χ4v) is 1.68. The second-order valence-corrected chi connectivity index (χ2v) is 3.99. The number of carbonyl (C=O) groups excluding carboxylic acids is 2. The van der Waals surface area contributed by atoms with Crippen LogP contribution in [-0.2, 0) is 19.1 Å². The molecule has 0 radical (unpaired) electrons. The van der Waals surface area contributed by atoms with E-state index in [-0.39, 0.29) is 12.5 Å². The Balaban J connectivity index is 2.75. The molecule has 8 nitrogen and oxygen atoms in total. The highest BCUT2D eigenvalue weighted by Crippen LogP contribution is 2.17. The van der Waals surface area contributed by atoms with Crippen LogP contribution in [-0.4, -0.2) is 71.4 Å². The summed E-state index contributed by atoms with van der Waals surface area (Å²) in [6.45, 7) is 0.570. The van der Waals surface area contributed by atoms with Gasteiger partial charge in [0.1, 0.15) is 18.3 Å². The highest BCUT2D eigenvalue weighted by Gasteiger charge is 2.39. The highest BCUT2D eigenvalue weighted by molar-refractivity contribution is 5.73. The Kier molecular flexibility index (Phi) is 5.63. The first-order valence-electron chi connectivity index (χ1n) is 5.46. The van der Waals surface area contributed by atoms with Crippen LogP contribution in [0.5, 0.6) is 0 Å². The van der Waals surface area contributed by atoms with Crippen molar-refractivity contribution < 1.29 is 34.4 Å². The number of aldehydes is 1. The number of nitrogens with one attached hydrogen (secondary N) is 1. The Morgan fingerprint density at radius 3 is 2.72 bits per heavy atom. The summed E-state index contributed by atoms with van der Waals surface area (Å²) in [5, 5.41) is 30.4. The number of rotatable bonds is 5. The van der Waals surface area contributed by atoms with Gasteiger partial charge in [-0.2, -0.15) is 0 Å². The lowest BCUT2D eigenvalue weighted by Gasteiger charge is -2.38. The molecule has 1 heterocycles. The quantitative estimate of drug-likeness (QED) is 0.393. The molecule has 0 aliphatic carbocycles. The van der Waals surface area contributed by atoms with Crippen molar-refractivity contribution in [3.05, 3.63) is 0 Å². The first kappa shape index (κ1) is 15.0. The molecule has 0 aromatic rings. The number of aliphatic hydroxyl groups excluding tert-OH is 3. The van der Waals surface area contributed by atoms with Gasteiger partial charge in [0.25, 0.3) is 0 Å². The smallest absolute Gasteiger partial charge is 0.217 e. The summed E-state index contributed by atoms with van der Waals surface area (Å²) in [6, 6.07) is -0.713. The maximum absolute atomic E-state index is 11.0. The van der Waals surface area contributed by atoms with Crippen LogP contribution in [0, 0.1) is 0 Å². The third kappa shape index (κ3) is 3.72. The van der Waals surface area contributed by atoms with Crippen molar-refractivity contribution in [3.8, 4) is 0 Å². The van der Waals surface area contributed by atoms with Crippen molar-refractivity contribution in [3.63, 3.8) is 0 Å². The molecule has 1 saturated heterocycles. The summed E-state index contributed by atoms with van der Waals surface area (Å²) < 4.78 is 10.1. The molecule has 8 heteroatoms. The van der Waals surface area contributed by atoms with E-state index in [0.29, 0.717) is 6.29 Å². The maximum atomic E-state index is 11.0. The lowest BCUT2D eigenvalue weighted by atomic mass is 10.0. The molecular formula is C10H17NO7. The van der Waals surface area contributed by atoms with E-state index in [4.69, 9.17) is 14.6 Å². The van der Waals surface area contributed by atoms with Crippen LogP contribution in [0.15, 0.2) is 0 Å². The molecule has 5 atom stereocenters. The van der Waals surface area contributed by atoms with Gasteiger partial charge >= 0.3 is 0 Å². The van der Waals surface area contributed by atoms with Gasteiger partial charge in [-0.1, -0.05) is 0 Å². The number of amides is 1. The van der Waals surface area contributed by atoms with Gasteiger partial charge in [-0.05, 0) is 0 Å². The number of aliphatic hydroxyl groups is 3. The van der Waals surface area contributed by atoms with Crippen molar-refractivity contribution in [1.29, 1.82) is 0 Å². The van der Waals surface area contributed by atoms with E-state index in [1.807, 2.05) is 0 Å². The molecule has 0 aromatic carbocycles. The zero-order chi connectivity index (χ0) is 13.7. The standard InChI is InChI=1S/C10H17NO7/c1-5(14)11-6-4-17-8(3-13)18-10(6)9(16)7(15)2-12/h3,6-10,12,15-16H,2,4H2,1H3,(H,11,14)/t6-,7-,8?,9-,10-/m1/s1. The van der Waals surface area contributed by atoms with Crippen LogP contribution in [0.3, 0.4) is 0 Å². The fraction of sp³-hybridized carbons (Fsp3) is 0.800. The summed E-state index contributed by atoms with van der Waals surface area (Å²) in [4.78, 5) is 21.6. The molecule has 1 aliphatic rings. The van der Waals surface area contributed by atoms with Gasteiger partial charge < -0.3 is 30.1 Å². The van der Waals surface area contributed by atoms with E-state index in [0.717, 1.165) is 0 Å². The summed E-state index contributed by atoms with van der Waals surface area (Å²) >= 11 is 0. The molecule has 1 amide bonds. The van der Waals surface area contributed by atoms with E-state index < -0.39 is 37.3 Å². The number of hydrogen-bond acceptors (Lipinski definition) is 7. The summed E-state index contributed by atoms with van der Waals surface area (Å²) in [6.07, 6.45) is -4.69. The minimum absolute atomic E-state index is 0.0388. The molecule has 1 rings (SSSR count). The second kappa shape index (κ2) is 6.76. The zero-order valence-corrected chi connectivity index (χ0v) is 9.85. The van der Waals surface area contributed by atoms with Gasteiger partial charge in [-0.3, -0.25) is 9.59 Å². The molecular weight excluding hydrogens is 246 g/mol. The van der Waals surface area contributed by atoms with Crippen LogP contribution in [0.1, 0.15) is 6.92 Å².